The molecule has 0 fully saturated rings. The predicted octanol–water partition coefficient (Wildman–Crippen LogP) is 2.93. The van der Waals surface area contributed by atoms with Gasteiger partial charge in [0.2, 0.25) is 5.91 Å². The Hall–Kier alpha value is -3.98. The van der Waals surface area contributed by atoms with Gasteiger partial charge in [-0.3, -0.25) is 25.2 Å². The highest BCUT2D eigenvalue weighted by Crippen LogP contribution is 2.34. The summed E-state index contributed by atoms with van der Waals surface area (Å²) in [5, 5.41) is 0. The lowest BCUT2D eigenvalue weighted by Crippen LogP contribution is -2.49. The van der Waals surface area contributed by atoms with Crippen molar-refractivity contribution in [3.8, 4) is 11.5 Å². The summed E-state index contributed by atoms with van der Waals surface area (Å²) in [7, 11) is 0. The van der Waals surface area contributed by atoms with Gasteiger partial charge in [0.05, 0.1) is 11.4 Å². The van der Waals surface area contributed by atoms with E-state index in [-0.39, 0.29) is 24.8 Å². The summed E-state index contributed by atoms with van der Waals surface area (Å²) < 4.78 is 11.2. The maximum Gasteiger partial charge on any atom is 0.276 e. The number of nitrogens with one attached hydrogen (secondary N) is 2. The van der Waals surface area contributed by atoms with Crippen molar-refractivity contribution in [1.82, 2.24) is 10.9 Å². The summed E-state index contributed by atoms with van der Waals surface area (Å²) in [5.41, 5.74) is 6.37. The minimum atomic E-state index is -0.529. The third kappa shape index (κ3) is 6.29. The average Bonchev–Trinajstić information content (AvgIpc) is 2.88. The normalized spacial score (nSPS) is 12.5. The molecule has 3 aromatic rings. The maximum atomic E-state index is 12.3. The molecule has 0 bridgehead atoms. The molecule has 0 saturated heterocycles. The number of hydrogen-bond acceptors (Lipinski definition) is 6. The van der Waals surface area contributed by atoms with Crippen molar-refractivity contribution >= 4 is 35.2 Å². The van der Waals surface area contributed by atoms with Crippen molar-refractivity contribution in [3.05, 3.63) is 84.4 Å². The van der Waals surface area contributed by atoms with Crippen LogP contribution in [-0.2, 0) is 21.0 Å². The largest absolute Gasteiger partial charge is 0.489 e. The number of carbonyl (C=O) groups excluding carboxylic acids is 3. The van der Waals surface area contributed by atoms with Crippen molar-refractivity contribution in [2.45, 2.75) is 11.5 Å². The van der Waals surface area contributed by atoms with Gasteiger partial charge in [0.15, 0.2) is 6.61 Å². The second-order valence-corrected chi connectivity index (χ2v) is 8.38. The van der Waals surface area contributed by atoms with Crippen molar-refractivity contribution in [2.75, 3.05) is 23.8 Å². The third-order valence-corrected chi connectivity index (χ3v) is 5.94. The highest BCUT2D eigenvalue weighted by atomic mass is 32.2. The molecule has 1 aliphatic rings. The number of nitrogens with zero attached hydrogens (tertiary/aromatic N) is 1. The fourth-order valence-corrected chi connectivity index (χ4v) is 4.14. The van der Waals surface area contributed by atoms with Crippen LogP contribution in [-0.4, -0.2) is 36.6 Å². The molecule has 0 atom stereocenters. The van der Waals surface area contributed by atoms with Gasteiger partial charge < -0.3 is 14.4 Å². The number of benzene rings is 3. The van der Waals surface area contributed by atoms with E-state index in [1.807, 2.05) is 48.5 Å². The maximum absolute atomic E-state index is 12.3. The van der Waals surface area contributed by atoms with Gasteiger partial charge in [-0.1, -0.05) is 42.5 Å². The first-order chi connectivity index (χ1) is 16.6. The zero-order valence-corrected chi connectivity index (χ0v) is 19.0. The van der Waals surface area contributed by atoms with E-state index in [0.29, 0.717) is 23.8 Å². The van der Waals surface area contributed by atoms with Crippen LogP contribution in [0.2, 0.25) is 0 Å². The van der Waals surface area contributed by atoms with E-state index in [0.717, 1.165) is 10.5 Å². The third-order valence-electron chi connectivity index (χ3n) is 4.89. The van der Waals surface area contributed by atoms with Crippen LogP contribution < -0.4 is 25.2 Å². The Morgan fingerprint density at radius 3 is 2.24 bits per heavy atom. The van der Waals surface area contributed by atoms with Crippen molar-refractivity contribution in [1.29, 1.82) is 0 Å². The van der Waals surface area contributed by atoms with Gasteiger partial charge in [0, 0.05) is 4.90 Å². The second-order valence-electron chi connectivity index (χ2n) is 7.37. The summed E-state index contributed by atoms with van der Waals surface area (Å²) in [6, 6.07) is 24.1. The van der Waals surface area contributed by atoms with Gasteiger partial charge >= 0.3 is 0 Å². The lowest BCUT2D eigenvalue weighted by atomic mass is 10.2. The van der Waals surface area contributed by atoms with Crippen LogP contribution in [0.15, 0.2) is 83.8 Å². The molecule has 0 spiro atoms. The lowest BCUT2D eigenvalue weighted by molar-refractivity contribution is -0.129. The number of carbonyl (C=O) groups is 3. The first-order valence-electron chi connectivity index (χ1n) is 10.6. The summed E-state index contributed by atoms with van der Waals surface area (Å²) in [4.78, 5) is 38.9. The van der Waals surface area contributed by atoms with Crippen LogP contribution in [0.5, 0.6) is 11.5 Å². The Balaban J connectivity index is 1.19. The molecule has 1 aliphatic heterocycles. The van der Waals surface area contributed by atoms with E-state index in [1.165, 1.54) is 16.7 Å². The lowest BCUT2D eigenvalue weighted by Gasteiger charge is -2.28. The number of anilines is 1. The fraction of sp³-hybridized carbons (Fsp3) is 0.160. The van der Waals surface area contributed by atoms with Crippen molar-refractivity contribution in [3.63, 3.8) is 0 Å². The Labute approximate surface area is 201 Å². The first-order valence-corrected chi connectivity index (χ1v) is 11.6. The van der Waals surface area contributed by atoms with Gasteiger partial charge in [-0.2, -0.15) is 0 Å². The number of thioether (sulfide) groups is 1. The summed E-state index contributed by atoms with van der Waals surface area (Å²) >= 11 is 1.44. The van der Waals surface area contributed by atoms with Gasteiger partial charge in [0.1, 0.15) is 24.7 Å². The van der Waals surface area contributed by atoms with Crippen LogP contribution in [0.25, 0.3) is 0 Å². The Bertz CT molecular complexity index is 1150. The minimum absolute atomic E-state index is 0.162. The Morgan fingerprint density at radius 2 is 1.47 bits per heavy atom. The van der Waals surface area contributed by atoms with E-state index in [1.54, 1.807) is 30.3 Å². The van der Waals surface area contributed by atoms with E-state index in [4.69, 9.17) is 9.47 Å². The summed E-state index contributed by atoms with van der Waals surface area (Å²) in [6.07, 6.45) is 0. The number of ether oxygens (including phenoxy) is 2. The van der Waals surface area contributed by atoms with Crippen LogP contribution in [0.3, 0.4) is 0 Å². The molecule has 3 aromatic carbocycles. The average molecular weight is 478 g/mol. The Morgan fingerprint density at radius 1 is 0.824 bits per heavy atom. The molecular weight excluding hydrogens is 454 g/mol. The molecule has 0 aliphatic carbocycles. The summed E-state index contributed by atoms with van der Waals surface area (Å²) in [5.74, 6) is 0.231. The monoisotopic (exact) mass is 477 g/mol. The van der Waals surface area contributed by atoms with E-state index in [9.17, 15) is 14.4 Å². The zero-order chi connectivity index (χ0) is 23.8. The van der Waals surface area contributed by atoms with Gasteiger partial charge in [-0.15, -0.1) is 11.8 Å². The van der Waals surface area contributed by atoms with E-state index >= 15 is 0 Å². The highest BCUT2D eigenvalue weighted by Gasteiger charge is 2.26. The quantitative estimate of drug-likeness (QED) is 0.485. The molecule has 174 valence electrons. The smallest absolute Gasteiger partial charge is 0.276 e. The number of amides is 3. The Kier molecular flexibility index (Phi) is 7.67. The molecule has 1 heterocycles. The van der Waals surface area contributed by atoms with Crippen LogP contribution in [0, 0.1) is 0 Å². The van der Waals surface area contributed by atoms with Crippen LogP contribution in [0.4, 0.5) is 5.69 Å². The molecular formula is C25H23N3O5S. The molecule has 2 N–H and O–H groups in total. The molecule has 0 unspecified atom stereocenters. The van der Waals surface area contributed by atoms with Gasteiger partial charge in [-0.05, 0) is 42.0 Å². The first kappa shape index (κ1) is 23.2. The fourth-order valence-electron chi connectivity index (χ4n) is 3.21. The number of para-hydroxylation sites is 1. The molecule has 9 heteroatoms. The van der Waals surface area contributed by atoms with Gasteiger partial charge in [0.25, 0.3) is 11.8 Å². The molecule has 8 nitrogen and oxygen atoms in total. The SMILES string of the molecule is O=C(COc1ccc(OCc2ccccc2)cc1)NNC(=O)CN1C(=O)CSc2ccccc21. The number of fused-ring (bicyclic) bond motifs is 1. The number of hydrogen-bond donors (Lipinski definition) is 2. The number of hydrazine groups is 1. The van der Waals surface area contributed by atoms with E-state index in [2.05, 4.69) is 10.9 Å². The molecule has 0 aromatic heterocycles. The standard InChI is InChI=1S/C25H23N3O5S/c29-23(14-28-21-8-4-5-9-22(21)34-17-25(28)31)26-27-24(30)16-33-20-12-10-19(11-13-20)32-15-18-6-2-1-3-7-18/h1-13H,14-17H2,(H,26,29)(H,27,30). The molecule has 4 rings (SSSR count). The summed E-state index contributed by atoms with van der Waals surface area (Å²) in [6.45, 7) is -0.0226. The predicted molar refractivity (Wildman–Crippen MR) is 129 cm³/mol. The minimum Gasteiger partial charge on any atom is -0.489 e. The molecule has 3 amide bonds. The zero-order valence-electron chi connectivity index (χ0n) is 18.2. The van der Waals surface area contributed by atoms with Crippen molar-refractivity contribution in [2.24, 2.45) is 0 Å². The molecule has 34 heavy (non-hydrogen) atoms. The van der Waals surface area contributed by atoms with E-state index < -0.39 is 11.8 Å². The van der Waals surface area contributed by atoms with Crippen molar-refractivity contribution < 1.29 is 23.9 Å². The van der Waals surface area contributed by atoms with Gasteiger partial charge in [-0.25, -0.2) is 0 Å². The highest BCUT2D eigenvalue weighted by molar-refractivity contribution is 8.00. The van der Waals surface area contributed by atoms with Crippen LogP contribution in [0.1, 0.15) is 5.56 Å². The number of rotatable bonds is 8. The molecule has 0 saturated carbocycles. The van der Waals surface area contributed by atoms with Crippen LogP contribution >= 0.6 is 11.8 Å². The second kappa shape index (κ2) is 11.2. The topological polar surface area (TPSA) is 97.0 Å². The molecule has 0 radical (unpaired) electrons.